The zero-order valence-electron chi connectivity index (χ0n) is 13.4. The molecule has 128 valence electrons. The number of nitrogens with zero attached hydrogens (tertiary/aromatic N) is 1. The molecule has 1 heterocycles. The number of phenols is 1. The molecule has 0 amide bonds. The highest BCUT2D eigenvalue weighted by molar-refractivity contribution is 7.89. The molecule has 0 aliphatic carbocycles. The van der Waals surface area contributed by atoms with Crippen LogP contribution in [0.2, 0.25) is 0 Å². The minimum atomic E-state index is -3.43. The molecule has 1 aliphatic heterocycles. The van der Waals surface area contributed by atoms with Crippen molar-refractivity contribution in [3.8, 4) is 5.75 Å². The summed E-state index contributed by atoms with van der Waals surface area (Å²) in [5, 5.41) is 9.53. The van der Waals surface area contributed by atoms with E-state index in [9.17, 15) is 13.5 Å². The SMILES string of the molecule is O=S(=O)(NC[C@H]1CCN(Cc2cccc(O)c2)C1)c1ccccc1. The summed E-state index contributed by atoms with van der Waals surface area (Å²) in [7, 11) is -3.43. The minimum absolute atomic E-state index is 0.277. The van der Waals surface area contributed by atoms with Crippen LogP contribution < -0.4 is 4.72 Å². The average Bonchev–Trinajstić information content (AvgIpc) is 3.01. The van der Waals surface area contributed by atoms with Gasteiger partial charge < -0.3 is 5.11 Å². The van der Waals surface area contributed by atoms with Crippen LogP contribution in [0.5, 0.6) is 5.75 Å². The van der Waals surface area contributed by atoms with Gasteiger partial charge in [-0.25, -0.2) is 13.1 Å². The second kappa shape index (κ2) is 7.34. The number of rotatable bonds is 6. The first-order chi connectivity index (χ1) is 11.5. The molecule has 3 rings (SSSR count). The highest BCUT2D eigenvalue weighted by Gasteiger charge is 2.24. The Bertz CT molecular complexity index is 778. The molecule has 1 saturated heterocycles. The maximum atomic E-state index is 12.2. The smallest absolute Gasteiger partial charge is 0.240 e. The van der Waals surface area contributed by atoms with Crippen LogP contribution in [0.4, 0.5) is 0 Å². The number of hydrogen-bond donors (Lipinski definition) is 2. The van der Waals surface area contributed by atoms with E-state index in [0.717, 1.165) is 31.6 Å². The van der Waals surface area contributed by atoms with E-state index in [0.29, 0.717) is 17.4 Å². The van der Waals surface area contributed by atoms with Crippen LogP contribution >= 0.6 is 0 Å². The average molecular weight is 346 g/mol. The number of nitrogens with one attached hydrogen (secondary N) is 1. The molecular formula is C18H22N2O3S. The summed E-state index contributed by atoms with van der Waals surface area (Å²) in [5.41, 5.74) is 1.07. The van der Waals surface area contributed by atoms with Crippen molar-refractivity contribution in [3.05, 3.63) is 60.2 Å². The van der Waals surface area contributed by atoms with Gasteiger partial charge in [-0.2, -0.15) is 0 Å². The van der Waals surface area contributed by atoms with Gasteiger partial charge in [-0.15, -0.1) is 0 Å². The van der Waals surface area contributed by atoms with E-state index >= 15 is 0 Å². The molecule has 2 N–H and O–H groups in total. The lowest BCUT2D eigenvalue weighted by Gasteiger charge is -2.16. The molecule has 6 heteroatoms. The van der Waals surface area contributed by atoms with E-state index in [1.165, 1.54) is 0 Å². The Labute approximate surface area is 143 Å². The summed E-state index contributed by atoms with van der Waals surface area (Å²) in [4.78, 5) is 2.59. The van der Waals surface area contributed by atoms with Crippen molar-refractivity contribution >= 4 is 10.0 Å². The second-order valence-corrected chi connectivity index (χ2v) is 7.99. The van der Waals surface area contributed by atoms with Gasteiger partial charge in [0.15, 0.2) is 0 Å². The number of likely N-dealkylation sites (tertiary alicyclic amines) is 1. The maximum absolute atomic E-state index is 12.2. The number of benzene rings is 2. The van der Waals surface area contributed by atoms with Gasteiger partial charge in [0.05, 0.1) is 4.90 Å². The molecule has 5 nitrogen and oxygen atoms in total. The summed E-state index contributed by atoms with van der Waals surface area (Å²) in [6.45, 7) is 3.02. The van der Waals surface area contributed by atoms with Crippen LogP contribution in [0.3, 0.4) is 0 Å². The van der Waals surface area contributed by atoms with Crippen LogP contribution in [0.15, 0.2) is 59.5 Å². The van der Waals surface area contributed by atoms with Crippen molar-refractivity contribution < 1.29 is 13.5 Å². The highest BCUT2D eigenvalue weighted by Crippen LogP contribution is 2.20. The molecule has 0 spiro atoms. The van der Waals surface area contributed by atoms with Crippen molar-refractivity contribution in [1.82, 2.24) is 9.62 Å². The zero-order valence-corrected chi connectivity index (χ0v) is 14.2. The lowest BCUT2D eigenvalue weighted by molar-refractivity contribution is 0.316. The molecule has 0 unspecified atom stereocenters. The number of sulfonamides is 1. The van der Waals surface area contributed by atoms with E-state index in [-0.39, 0.29) is 5.75 Å². The van der Waals surface area contributed by atoms with Crippen LogP contribution in [-0.2, 0) is 16.6 Å². The molecule has 1 aliphatic rings. The van der Waals surface area contributed by atoms with Crippen molar-refractivity contribution in [2.24, 2.45) is 5.92 Å². The van der Waals surface area contributed by atoms with E-state index in [2.05, 4.69) is 9.62 Å². The first kappa shape index (κ1) is 17.0. The molecule has 0 radical (unpaired) electrons. The second-order valence-electron chi connectivity index (χ2n) is 6.22. The van der Waals surface area contributed by atoms with E-state index in [4.69, 9.17) is 0 Å². The molecule has 2 aromatic carbocycles. The van der Waals surface area contributed by atoms with Crippen molar-refractivity contribution in [2.45, 2.75) is 17.9 Å². The summed E-state index contributed by atoms with van der Waals surface area (Å²) in [6.07, 6.45) is 0.968. The molecule has 2 aromatic rings. The quantitative estimate of drug-likeness (QED) is 0.841. The van der Waals surface area contributed by atoms with Gasteiger partial charge in [0.25, 0.3) is 0 Å². The third-order valence-corrected chi connectivity index (χ3v) is 5.74. The Hall–Kier alpha value is -1.89. The number of phenolic OH excluding ortho intramolecular Hbond substituents is 1. The van der Waals surface area contributed by atoms with Gasteiger partial charge in [-0.3, -0.25) is 4.90 Å². The molecule has 24 heavy (non-hydrogen) atoms. The van der Waals surface area contributed by atoms with E-state index in [1.807, 2.05) is 12.1 Å². The summed E-state index contributed by atoms with van der Waals surface area (Å²) in [5.74, 6) is 0.583. The topological polar surface area (TPSA) is 69.6 Å². The lowest BCUT2D eigenvalue weighted by Crippen LogP contribution is -2.31. The standard InChI is InChI=1S/C18H22N2O3S/c21-17-6-4-5-15(11-17)13-20-10-9-16(14-20)12-19-24(22,23)18-7-2-1-3-8-18/h1-8,11,16,19,21H,9-10,12-14H2/t16-/m1/s1. The largest absolute Gasteiger partial charge is 0.508 e. The Morgan fingerprint density at radius 2 is 1.92 bits per heavy atom. The third-order valence-electron chi connectivity index (χ3n) is 4.30. The van der Waals surface area contributed by atoms with Gasteiger partial charge in [0, 0.05) is 19.6 Å². The highest BCUT2D eigenvalue weighted by atomic mass is 32.2. The molecular weight excluding hydrogens is 324 g/mol. The first-order valence-corrected chi connectivity index (χ1v) is 9.56. The predicted octanol–water partition coefficient (Wildman–Crippen LogP) is 2.19. The molecule has 0 aromatic heterocycles. The predicted molar refractivity (Wildman–Crippen MR) is 93.1 cm³/mol. The van der Waals surface area contributed by atoms with Crippen LogP contribution in [-0.4, -0.2) is 38.1 Å². The van der Waals surface area contributed by atoms with E-state index in [1.54, 1.807) is 42.5 Å². The molecule has 1 fully saturated rings. The molecule has 0 bridgehead atoms. The van der Waals surface area contributed by atoms with Gasteiger partial charge >= 0.3 is 0 Å². The molecule has 1 atom stereocenters. The fourth-order valence-corrected chi connectivity index (χ4v) is 4.18. The lowest BCUT2D eigenvalue weighted by atomic mass is 10.1. The van der Waals surface area contributed by atoms with Gasteiger partial charge in [-0.05, 0) is 48.7 Å². The minimum Gasteiger partial charge on any atom is -0.508 e. The normalized spacial score (nSPS) is 18.8. The van der Waals surface area contributed by atoms with Crippen molar-refractivity contribution in [3.63, 3.8) is 0 Å². The van der Waals surface area contributed by atoms with Crippen LogP contribution in [0.25, 0.3) is 0 Å². The van der Waals surface area contributed by atoms with Gasteiger partial charge in [-0.1, -0.05) is 30.3 Å². The summed E-state index contributed by atoms with van der Waals surface area (Å²) in [6, 6.07) is 15.7. The Kier molecular flexibility index (Phi) is 5.18. The zero-order chi connectivity index (χ0) is 17.0. The number of aromatic hydroxyl groups is 1. The Balaban J connectivity index is 1.51. The number of hydrogen-bond acceptors (Lipinski definition) is 4. The fraction of sp³-hybridized carbons (Fsp3) is 0.333. The maximum Gasteiger partial charge on any atom is 0.240 e. The Morgan fingerprint density at radius 3 is 2.67 bits per heavy atom. The van der Waals surface area contributed by atoms with Crippen LogP contribution in [0, 0.1) is 5.92 Å². The molecule has 0 saturated carbocycles. The van der Waals surface area contributed by atoms with Gasteiger partial charge in [0.1, 0.15) is 5.75 Å². The Morgan fingerprint density at radius 1 is 1.12 bits per heavy atom. The van der Waals surface area contributed by atoms with E-state index < -0.39 is 10.0 Å². The van der Waals surface area contributed by atoms with Crippen molar-refractivity contribution in [1.29, 1.82) is 0 Å². The first-order valence-electron chi connectivity index (χ1n) is 8.08. The summed E-state index contributed by atoms with van der Waals surface area (Å²) >= 11 is 0. The third kappa shape index (κ3) is 4.35. The van der Waals surface area contributed by atoms with Crippen LogP contribution in [0.1, 0.15) is 12.0 Å². The monoisotopic (exact) mass is 346 g/mol. The van der Waals surface area contributed by atoms with Gasteiger partial charge in [0.2, 0.25) is 10.0 Å². The van der Waals surface area contributed by atoms with Crippen molar-refractivity contribution in [2.75, 3.05) is 19.6 Å². The fourth-order valence-electron chi connectivity index (χ4n) is 3.05. The summed E-state index contributed by atoms with van der Waals surface area (Å²) < 4.78 is 27.2.